The molecule has 7 aromatic rings. The van der Waals surface area contributed by atoms with Crippen LogP contribution >= 0.6 is 23.2 Å². The van der Waals surface area contributed by atoms with Gasteiger partial charge in [0.2, 0.25) is 0 Å². The van der Waals surface area contributed by atoms with E-state index in [-0.39, 0.29) is 0 Å². The molecular weight excluding hydrogens is 683 g/mol. The molecule has 52 heavy (non-hydrogen) atoms. The van der Waals surface area contributed by atoms with Crippen molar-refractivity contribution in [3.05, 3.63) is 166 Å². The average molecular weight is 714 g/mol. The molecule has 4 aromatic carbocycles. The lowest BCUT2D eigenvalue weighted by Crippen LogP contribution is -1.95. The van der Waals surface area contributed by atoms with Crippen molar-refractivity contribution in [1.29, 1.82) is 0 Å². The van der Waals surface area contributed by atoms with Gasteiger partial charge in [0.25, 0.3) is 0 Å². The van der Waals surface area contributed by atoms with E-state index in [9.17, 15) is 0 Å². The van der Waals surface area contributed by atoms with Gasteiger partial charge in [0, 0.05) is 43.6 Å². The van der Waals surface area contributed by atoms with Gasteiger partial charge < -0.3 is 20.6 Å². The minimum absolute atomic E-state index is 0.671. The van der Waals surface area contributed by atoms with E-state index in [1.807, 2.05) is 84.9 Å². The third-order valence-electron chi connectivity index (χ3n) is 9.11. The highest BCUT2D eigenvalue weighted by Crippen LogP contribution is 2.37. The molecule has 250 valence electrons. The first kappa shape index (κ1) is 31.6. The first-order valence-electron chi connectivity index (χ1n) is 16.9. The fourth-order valence-corrected chi connectivity index (χ4v) is 6.89. The van der Waals surface area contributed by atoms with Crippen molar-refractivity contribution in [3.8, 4) is 22.3 Å². The molecule has 0 radical (unpaired) electrons. The number of hydrogen-bond acceptors (Lipinski definition) is 4. The minimum Gasteiger partial charge on any atom is -0.353 e. The summed E-state index contributed by atoms with van der Waals surface area (Å²) in [7, 11) is 0. The fraction of sp³-hybridized carbons (Fsp3) is 0. The van der Waals surface area contributed by atoms with Gasteiger partial charge in [-0.2, -0.15) is 0 Å². The SMILES string of the molecule is Clc1ccc(Nc2c3nc(c(-c4ccccc4)c4ccc([nH]4)c(Nc4ccc(Cl)cc4)c4nc(c(-c5ccccc5)c5ccc2[nH]5)C=C4)C=C3)cc1. The smallest absolute Gasteiger partial charge is 0.0894 e. The molecular formula is C44H30Cl2N6. The van der Waals surface area contributed by atoms with Crippen molar-refractivity contribution < 1.29 is 0 Å². The normalized spacial score (nSPS) is 11.9. The molecule has 0 saturated carbocycles. The Hall–Kier alpha value is -6.34. The summed E-state index contributed by atoms with van der Waals surface area (Å²) in [6.45, 7) is 0. The predicted octanol–water partition coefficient (Wildman–Crippen LogP) is 12.8. The number of hydrogen-bond donors (Lipinski definition) is 4. The Kier molecular flexibility index (Phi) is 8.16. The van der Waals surface area contributed by atoms with Crippen LogP contribution in [0.2, 0.25) is 10.0 Å². The molecule has 8 bridgehead atoms. The number of rotatable bonds is 6. The van der Waals surface area contributed by atoms with Crippen LogP contribution in [0, 0.1) is 0 Å². The summed E-state index contributed by atoms with van der Waals surface area (Å²) in [5.74, 6) is 0. The molecule has 5 heterocycles. The molecule has 0 atom stereocenters. The van der Waals surface area contributed by atoms with Crippen LogP contribution in [0.25, 0.3) is 68.6 Å². The Morgan fingerprint density at radius 2 is 0.750 bits per heavy atom. The number of halogens is 2. The molecule has 0 fully saturated rings. The van der Waals surface area contributed by atoms with Crippen LogP contribution in [0.1, 0.15) is 22.8 Å². The molecule has 0 spiro atoms. The molecule has 0 saturated heterocycles. The number of benzene rings is 4. The van der Waals surface area contributed by atoms with E-state index >= 15 is 0 Å². The maximum atomic E-state index is 6.27. The van der Waals surface area contributed by atoms with E-state index in [0.717, 1.165) is 89.8 Å². The van der Waals surface area contributed by atoms with Crippen LogP contribution in [0.4, 0.5) is 22.7 Å². The topological polar surface area (TPSA) is 81.4 Å². The number of nitrogens with zero attached hydrogens (tertiary/aromatic N) is 2. The van der Waals surface area contributed by atoms with Gasteiger partial charge in [0.15, 0.2) is 0 Å². The van der Waals surface area contributed by atoms with Gasteiger partial charge in [0.05, 0.1) is 45.2 Å². The first-order valence-corrected chi connectivity index (χ1v) is 17.6. The molecule has 0 aliphatic carbocycles. The zero-order chi connectivity index (χ0) is 35.0. The van der Waals surface area contributed by atoms with Gasteiger partial charge in [0.1, 0.15) is 0 Å². The van der Waals surface area contributed by atoms with Crippen LogP contribution in [0.3, 0.4) is 0 Å². The van der Waals surface area contributed by atoms with Gasteiger partial charge in [-0.25, -0.2) is 9.97 Å². The summed E-state index contributed by atoms with van der Waals surface area (Å²) in [6, 6.07) is 44.4. The Bertz CT molecular complexity index is 2490. The molecule has 2 aliphatic heterocycles. The quantitative estimate of drug-likeness (QED) is 0.138. The lowest BCUT2D eigenvalue weighted by Gasteiger charge is -2.09. The third-order valence-corrected chi connectivity index (χ3v) is 9.61. The van der Waals surface area contributed by atoms with E-state index < -0.39 is 0 Å². The summed E-state index contributed by atoms with van der Waals surface area (Å²) in [5.41, 5.74) is 14.3. The standard InChI is InChI=1S/C44H30Cl2N6/c45-29-11-15-31(16-12-29)47-43-37-23-19-33(49-37)41(27-7-3-1-4-8-27)34-20-24-38(50-34)44(48-32-17-13-30(46)14-18-32)40-26-22-36(52-40)42(28-9-5-2-6-10-28)35-21-25-39(43)51-35/h1-26,47-49,52H. The Labute approximate surface area is 310 Å². The average Bonchev–Trinajstić information content (AvgIpc) is 4.02. The lowest BCUT2D eigenvalue weighted by molar-refractivity contribution is 1.30. The summed E-state index contributed by atoms with van der Waals surface area (Å²) in [4.78, 5) is 18.0. The van der Waals surface area contributed by atoms with Crippen molar-refractivity contribution in [3.63, 3.8) is 0 Å². The summed E-state index contributed by atoms with van der Waals surface area (Å²) < 4.78 is 0. The number of aromatic amines is 2. The molecule has 8 heteroatoms. The van der Waals surface area contributed by atoms with Crippen LogP contribution in [-0.2, 0) is 0 Å². The molecule has 0 amide bonds. The second-order valence-electron chi connectivity index (χ2n) is 12.5. The molecule has 9 rings (SSSR count). The molecule has 2 aliphatic rings. The Morgan fingerprint density at radius 3 is 1.15 bits per heavy atom. The number of anilines is 4. The van der Waals surface area contributed by atoms with Gasteiger partial charge in [-0.15, -0.1) is 0 Å². The van der Waals surface area contributed by atoms with Crippen molar-refractivity contribution in [2.45, 2.75) is 0 Å². The molecule has 4 N–H and O–H groups in total. The third kappa shape index (κ3) is 6.15. The zero-order valence-corrected chi connectivity index (χ0v) is 29.2. The molecule has 0 unspecified atom stereocenters. The number of nitrogens with one attached hydrogen (secondary N) is 4. The van der Waals surface area contributed by atoms with E-state index in [0.29, 0.717) is 10.0 Å². The van der Waals surface area contributed by atoms with E-state index in [4.69, 9.17) is 33.2 Å². The van der Waals surface area contributed by atoms with Crippen LogP contribution in [-0.4, -0.2) is 19.9 Å². The van der Waals surface area contributed by atoms with Crippen molar-refractivity contribution >= 4 is 92.3 Å². The summed E-state index contributed by atoms with van der Waals surface area (Å²) >= 11 is 12.5. The highest BCUT2D eigenvalue weighted by molar-refractivity contribution is 6.31. The minimum atomic E-state index is 0.671. The lowest BCUT2D eigenvalue weighted by atomic mass is 10.0. The highest BCUT2D eigenvalue weighted by Gasteiger charge is 2.18. The number of aromatic nitrogens is 4. The van der Waals surface area contributed by atoms with Crippen LogP contribution in [0.5, 0.6) is 0 Å². The van der Waals surface area contributed by atoms with Crippen molar-refractivity contribution in [2.75, 3.05) is 10.6 Å². The fourth-order valence-electron chi connectivity index (χ4n) is 6.64. The maximum absolute atomic E-state index is 6.27. The van der Waals surface area contributed by atoms with E-state index in [1.54, 1.807) is 0 Å². The van der Waals surface area contributed by atoms with E-state index in [1.165, 1.54) is 0 Å². The number of fused-ring (bicyclic) bond motifs is 8. The Morgan fingerprint density at radius 1 is 0.385 bits per heavy atom. The molecule has 6 nitrogen and oxygen atoms in total. The monoisotopic (exact) mass is 712 g/mol. The maximum Gasteiger partial charge on any atom is 0.0894 e. The Balaban J connectivity index is 1.40. The van der Waals surface area contributed by atoms with E-state index in [2.05, 4.69) is 93.4 Å². The van der Waals surface area contributed by atoms with Gasteiger partial charge in [-0.3, -0.25) is 0 Å². The van der Waals surface area contributed by atoms with Crippen molar-refractivity contribution in [1.82, 2.24) is 19.9 Å². The predicted molar refractivity (Wildman–Crippen MR) is 219 cm³/mol. The largest absolute Gasteiger partial charge is 0.353 e. The van der Waals surface area contributed by atoms with Gasteiger partial charge in [-0.05, 0) is 108 Å². The molecule has 3 aromatic heterocycles. The van der Waals surface area contributed by atoms with Crippen LogP contribution in [0.15, 0.2) is 133 Å². The van der Waals surface area contributed by atoms with Crippen molar-refractivity contribution in [2.24, 2.45) is 0 Å². The number of H-pyrrole nitrogens is 2. The summed E-state index contributed by atoms with van der Waals surface area (Å²) in [5, 5.41) is 8.63. The first-order chi connectivity index (χ1) is 25.6. The highest BCUT2D eigenvalue weighted by atomic mass is 35.5. The summed E-state index contributed by atoms with van der Waals surface area (Å²) in [6.07, 6.45) is 8.27. The second kappa shape index (κ2) is 13.4. The zero-order valence-electron chi connectivity index (χ0n) is 27.7. The van der Waals surface area contributed by atoms with Gasteiger partial charge >= 0.3 is 0 Å². The van der Waals surface area contributed by atoms with Gasteiger partial charge in [-0.1, -0.05) is 83.9 Å². The second-order valence-corrected chi connectivity index (χ2v) is 13.4. The van der Waals surface area contributed by atoms with Crippen LogP contribution < -0.4 is 10.6 Å².